The van der Waals surface area contributed by atoms with Crippen molar-refractivity contribution in [1.29, 1.82) is 0 Å². The van der Waals surface area contributed by atoms with Crippen molar-refractivity contribution in [2.24, 2.45) is 17.3 Å². The van der Waals surface area contributed by atoms with Gasteiger partial charge >= 0.3 is 12.1 Å². The lowest BCUT2D eigenvalue weighted by molar-refractivity contribution is -0.167. The number of esters is 1. The van der Waals surface area contributed by atoms with Gasteiger partial charge in [0.1, 0.15) is 18.6 Å². The van der Waals surface area contributed by atoms with Gasteiger partial charge in [0, 0.05) is 5.88 Å². The number of ether oxygens (including phenoxy) is 3. The predicted molar refractivity (Wildman–Crippen MR) is 70.0 cm³/mol. The summed E-state index contributed by atoms with van der Waals surface area (Å²) in [6.07, 6.45) is 0.161. The molecule has 2 atom stereocenters. The molecular weight excluding hydrogens is 272 g/mol. The fraction of sp³-hybridized carbons (Fsp3) is 0.846. The van der Waals surface area contributed by atoms with Crippen molar-refractivity contribution in [3.05, 3.63) is 0 Å². The second kappa shape index (κ2) is 6.98. The lowest BCUT2D eigenvalue weighted by Crippen LogP contribution is -2.44. The van der Waals surface area contributed by atoms with E-state index in [0.29, 0.717) is 18.4 Å². The molecule has 0 bridgehead atoms. The summed E-state index contributed by atoms with van der Waals surface area (Å²) in [5, 5.41) is 0. The van der Waals surface area contributed by atoms with Crippen LogP contribution in [0.3, 0.4) is 0 Å². The van der Waals surface area contributed by atoms with Crippen molar-refractivity contribution < 1.29 is 23.8 Å². The zero-order chi connectivity index (χ0) is 14.5. The van der Waals surface area contributed by atoms with Gasteiger partial charge in [-0.25, -0.2) is 4.79 Å². The third kappa shape index (κ3) is 4.90. The molecule has 1 heterocycles. The van der Waals surface area contributed by atoms with Gasteiger partial charge in [0.05, 0.1) is 6.61 Å². The second-order valence-electron chi connectivity index (χ2n) is 5.59. The van der Waals surface area contributed by atoms with Crippen LogP contribution in [0.15, 0.2) is 0 Å². The fourth-order valence-electron chi connectivity index (χ4n) is 1.85. The van der Waals surface area contributed by atoms with Crippen LogP contribution in [-0.2, 0) is 19.0 Å². The first-order chi connectivity index (χ1) is 8.87. The van der Waals surface area contributed by atoms with E-state index in [1.807, 2.05) is 6.92 Å². The number of hydrogen-bond donors (Lipinski definition) is 0. The molecule has 1 saturated heterocycles. The zero-order valence-corrected chi connectivity index (χ0v) is 12.4. The van der Waals surface area contributed by atoms with Gasteiger partial charge in [-0.2, -0.15) is 0 Å². The Bertz CT molecular complexity index is 321. The Morgan fingerprint density at radius 1 is 1.37 bits per heavy atom. The van der Waals surface area contributed by atoms with Gasteiger partial charge in [0.15, 0.2) is 0 Å². The van der Waals surface area contributed by atoms with Crippen LogP contribution in [-0.4, -0.2) is 37.8 Å². The van der Waals surface area contributed by atoms with Gasteiger partial charge in [-0.3, -0.25) is 4.79 Å². The third-order valence-corrected chi connectivity index (χ3v) is 3.60. The van der Waals surface area contributed by atoms with Crippen LogP contribution in [0.5, 0.6) is 0 Å². The molecule has 0 aromatic rings. The standard InChI is InChI=1S/C13H21ClO5/c1-9(5-14)4-10(2)6-17-11(15)13(3)7-18-12(16)19-8-13/h9-10H,4-8H2,1-3H3. The Balaban J connectivity index is 2.36. The minimum absolute atomic E-state index is 0.00285. The average Bonchev–Trinajstić information content (AvgIpc) is 2.39. The summed E-state index contributed by atoms with van der Waals surface area (Å²) in [6, 6.07) is 0. The highest BCUT2D eigenvalue weighted by atomic mass is 35.5. The maximum absolute atomic E-state index is 12.0. The highest BCUT2D eigenvalue weighted by Gasteiger charge is 2.41. The summed E-state index contributed by atoms with van der Waals surface area (Å²) in [6.45, 7) is 6.06. The summed E-state index contributed by atoms with van der Waals surface area (Å²) in [5.74, 6) is 0.837. The number of alkyl halides is 1. The van der Waals surface area contributed by atoms with E-state index < -0.39 is 17.5 Å². The van der Waals surface area contributed by atoms with Gasteiger partial charge in [-0.05, 0) is 25.2 Å². The summed E-state index contributed by atoms with van der Waals surface area (Å²) < 4.78 is 14.7. The van der Waals surface area contributed by atoms with Crippen LogP contribution in [0.4, 0.5) is 4.79 Å². The molecule has 5 nitrogen and oxygen atoms in total. The van der Waals surface area contributed by atoms with E-state index in [9.17, 15) is 9.59 Å². The molecule has 6 heteroatoms. The van der Waals surface area contributed by atoms with Crippen LogP contribution in [0, 0.1) is 17.3 Å². The van der Waals surface area contributed by atoms with Gasteiger partial charge in [0.25, 0.3) is 0 Å². The Hall–Kier alpha value is -0.970. The first kappa shape index (κ1) is 16.1. The number of hydrogen-bond acceptors (Lipinski definition) is 5. The molecule has 0 saturated carbocycles. The minimum atomic E-state index is -0.911. The Morgan fingerprint density at radius 3 is 2.47 bits per heavy atom. The molecule has 1 rings (SSSR count). The highest BCUT2D eigenvalue weighted by Crippen LogP contribution is 2.24. The largest absolute Gasteiger partial charge is 0.508 e. The first-order valence-corrected chi connectivity index (χ1v) is 6.93. The zero-order valence-electron chi connectivity index (χ0n) is 11.6. The third-order valence-electron chi connectivity index (χ3n) is 3.08. The molecule has 0 aromatic heterocycles. The summed E-state index contributed by atoms with van der Waals surface area (Å²) >= 11 is 5.74. The molecule has 110 valence electrons. The molecule has 0 amide bonds. The smallest absolute Gasteiger partial charge is 0.465 e. The van der Waals surface area contributed by atoms with Crippen molar-refractivity contribution in [1.82, 2.24) is 0 Å². The van der Waals surface area contributed by atoms with E-state index in [4.69, 9.17) is 25.8 Å². The van der Waals surface area contributed by atoms with Gasteiger partial charge < -0.3 is 14.2 Å². The Labute approximate surface area is 118 Å². The van der Waals surface area contributed by atoms with Crippen LogP contribution < -0.4 is 0 Å². The molecule has 0 spiro atoms. The Morgan fingerprint density at radius 2 is 1.95 bits per heavy atom. The van der Waals surface area contributed by atoms with Crippen LogP contribution >= 0.6 is 11.6 Å². The van der Waals surface area contributed by atoms with E-state index in [2.05, 4.69) is 6.92 Å². The summed E-state index contributed by atoms with van der Waals surface area (Å²) in [4.78, 5) is 22.8. The highest BCUT2D eigenvalue weighted by molar-refractivity contribution is 6.18. The molecule has 0 radical (unpaired) electrons. The molecular formula is C13H21ClO5. The van der Waals surface area contributed by atoms with Crippen molar-refractivity contribution in [2.75, 3.05) is 25.7 Å². The van der Waals surface area contributed by atoms with Crippen molar-refractivity contribution >= 4 is 23.7 Å². The molecule has 0 aromatic carbocycles. The van der Waals surface area contributed by atoms with E-state index in [-0.39, 0.29) is 19.1 Å². The predicted octanol–water partition coefficient (Wildman–Crippen LogP) is 2.60. The number of carbonyl (C=O) groups is 2. The van der Waals surface area contributed by atoms with Crippen LogP contribution in [0.1, 0.15) is 27.2 Å². The van der Waals surface area contributed by atoms with Gasteiger partial charge in [-0.15, -0.1) is 11.6 Å². The normalized spacial score (nSPS) is 20.9. The SMILES string of the molecule is CC(CCl)CC(C)COC(=O)C1(C)COC(=O)OC1. The molecule has 0 aliphatic carbocycles. The maximum Gasteiger partial charge on any atom is 0.508 e. The van der Waals surface area contributed by atoms with Crippen molar-refractivity contribution in [3.63, 3.8) is 0 Å². The number of cyclic esters (lactones) is 2. The molecule has 1 aliphatic heterocycles. The fourth-order valence-corrected chi connectivity index (χ4v) is 1.97. The minimum Gasteiger partial charge on any atom is -0.465 e. The monoisotopic (exact) mass is 292 g/mol. The Kier molecular flexibility index (Phi) is 5.91. The molecule has 1 aliphatic rings. The van der Waals surface area contributed by atoms with Gasteiger partial charge in [0.2, 0.25) is 0 Å². The molecule has 0 N–H and O–H groups in total. The number of carbonyl (C=O) groups excluding carboxylic acids is 2. The topological polar surface area (TPSA) is 61.8 Å². The van der Waals surface area contributed by atoms with E-state index in [1.54, 1.807) is 6.92 Å². The summed E-state index contributed by atoms with van der Waals surface area (Å²) in [5.41, 5.74) is -0.911. The number of rotatable bonds is 6. The molecule has 19 heavy (non-hydrogen) atoms. The molecule has 1 fully saturated rings. The van der Waals surface area contributed by atoms with E-state index in [1.165, 1.54) is 0 Å². The molecule has 2 unspecified atom stereocenters. The van der Waals surface area contributed by atoms with E-state index >= 15 is 0 Å². The van der Waals surface area contributed by atoms with Crippen molar-refractivity contribution in [3.8, 4) is 0 Å². The quantitative estimate of drug-likeness (QED) is 0.556. The van der Waals surface area contributed by atoms with Gasteiger partial charge in [-0.1, -0.05) is 13.8 Å². The lowest BCUT2D eigenvalue weighted by Gasteiger charge is -2.30. The second-order valence-corrected chi connectivity index (χ2v) is 5.90. The van der Waals surface area contributed by atoms with Crippen LogP contribution in [0.2, 0.25) is 0 Å². The van der Waals surface area contributed by atoms with Crippen LogP contribution in [0.25, 0.3) is 0 Å². The number of halogens is 1. The average molecular weight is 293 g/mol. The summed E-state index contributed by atoms with van der Waals surface area (Å²) in [7, 11) is 0. The lowest BCUT2D eigenvalue weighted by atomic mass is 9.92. The van der Waals surface area contributed by atoms with Crippen molar-refractivity contribution in [2.45, 2.75) is 27.2 Å². The maximum atomic E-state index is 12.0. The first-order valence-electron chi connectivity index (χ1n) is 6.40. The van der Waals surface area contributed by atoms with E-state index in [0.717, 1.165) is 6.42 Å².